The van der Waals surface area contributed by atoms with E-state index in [1.165, 1.54) is 18.4 Å². The second-order valence-corrected chi connectivity index (χ2v) is 8.67. The van der Waals surface area contributed by atoms with E-state index in [1.54, 1.807) is 7.05 Å². The van der Waals surface area contributed by atoms with Crippen LogP contribution in [-0.2, 0) is 11.3 Å². The fourth-order valence-corrected chi connectivity index (χ4v) is 4.05. The second-order valence-electron chi connectivity index (χ2n) is 8.67. The van der Waals surface area contributed by atoms with Crippen molar-refractivity contribution in [1.82, 2.24) is 15.5 Å². The van der Waals surface area contributed by atoms with Crippen molar-refractivity contribution in [2.24, 2.45) is 16.8 Å². The molecule has 2 fully saturated rings. The minimum atomic E-state index is 0.262. The lowest BCUT2D eigenvalue weighted by Crippen LogP contribution is -2.45. The van der Waals surface area contributed by atoms with Crippen LogP contribution >= 0.6 is 0 Å². The van der Waals surface area contributed by atoms with Crippen molar-refractivity contribution in [3.8, 4) is 5.75 Å². The molecule has 0 spiro atoms. The van der Waals surface area contributed by atoms with E-state index in [0.29, 0.717) is 18.4 Å². The van der Waals surface area contributed by atoms with Crippen LogP contribution in [0.15, 0.2) is 29.3 Å². The molecule has 1 saturated carbocycles. The molecule has 0 aromatic heterocycles. The molecule has 1 saturated heterocycles. The van der Waals surface area contributed by atoms with E-state index in [1.807, 2.05) is 17.0 Å². The zero-order valence-electron chi connectivity index (χ0n) is 18.1. The molecule has 0 radical (unpaired) electrons. The second kappa shape index (κ2) is 10.5. The predicted molar refractivity (Wildman–Crippen MR) is 117 cm³/mol. The van der Waals surface area contributed by atoms with E-state index in [9.17, 15) is 4.79 Å². The molecule has 1 aliphatic carbocycles. The zero-order chi connectivity index (χ0) is 20.6. The Balaban J connectivity index is 1.42. The lowest BCUT2D eigenvalue weighted by molar-refractivity contribution is -0.134. The van der Waals surface area contributed by atoms with Crippen molar-refractivity contribution in [2.75, 3.05) is 26.7 Å². The summed E-state index contributed by atoms with van der Waals surface area (Å²) in [4.78, 5) is 19.0. The summed E-state index contributed by atoms with van der Waals surface area (Å²) < 4.78 is 5.74. The smallest absolute Gasteiger partial charge is 0.225 e. The van der Waals surface area contributed by atoms with Gasteiger partial charge < -0.3 is 20.3 Å². The minimum absolute atomic E-state index is 0.262. The molecule has 1 amide bonds. The Morgan fingerprint density at radius 1 is 1.21 bits per heavy atom. The third-order valence-electron chi connectivity index (χ3n) is 5.74. The van der Waals surface area contributed by atoms with E-state index < -0.39 is 0 Å². The molecular formula is C23H36N4O2. The highest BCUT2D eigenvalue weighted by Crippen LogP contribution is 2.27. The van der Waals surface area contributed by atoms with Crippen LogP contribution in [0.3, 0.4) is 0 Å². The fraction of sp³-hybridized carbons (Fsp3) is 0.652. The van der Waals surface area contributed by atoms with Gasteiger partial charge in [0.2, 0.25) is 5.91 Å². The quantitative estimate of drug-likeness (QED) is 0.545. The molecule has 6 heteroatoms. The van der Waals surface area contributed by atoms with Crippen LogP contribution in [-0.4, -0.2) is 49.6 Å². The highest BCUT2D eigenvalue weighted by molar-refractivity contribution is 5.81. The number of aliphatic imine (C=N–C) groups is 1. The van der Waals surface area contributed by atoms with Crippen molar-refractivity contribution in [2.45, 2.75) is 58.5 Å². The maximum absolute atomic E-state index is 12.6. The number of carbonyl (C=O) groups excluding carboxylic acids is 1. The fourth-order valence-electron chi connectivity index (χ4n) is 4.05. The largest absolute Gasteiger partial charge is 0.493 e. The predicted octanol–water partition coefficient (Wildman–Crippen LogP) is 3.18. The molecule has 1 unspecified atom stereocenters. The molecule has 160 valence electrons. The maximum Gasteiger partial charge on any atom is 0.225 e. The molecule has 29 heavy (non-hydrogen) atoms. The first kappa shape index (κ1) is 21.5. The van der Waals surface area contributed by atoms with Gasteiger partial charge in [-0.05, 0) is 42.9 Å². The number of hydrogen-bond acceptors (Lipinski definition) is 3. The van der Waals surface area contributed by atoms with Crippen LogP contribution in [0.5, 0.6) is 5.75 Å². The van der Waals surface area contributed by atoms with Gasteiger partial charge in [0.15, 0.2) is 5.96 Å². The Labute approximate surface area is 175 Å². The summed E-state index contributed by atoms with van der Waals surface area (Å²) in [6, 6.07) is 8.44. The Morgan fingerprint density at radius 3 is 2.59 bits per heavy atom. The number of nitrogens with zero attached hydrogens (tertiary/aromatic N) is 2. The highest BCUT2D eigenvalue weighted by atomic mass is 16.5. The number of rotatable bonds is 7. The molecule has 0 bridgehead atoms. The van der Waals surface area contributed by atoms with Gasteiger partial charge in [-0.15, -0.1) is 0 Å². The van der Waals surface area contributed by atoms with Crippen LogP contribution in [0, 0.1) is 11.8 Å². The summed E-state index contributed by atoms with van der Waals surface area (Å²) >= 11 is 0. The molecule has 1 aromatic rings. The number of carbonyl (C=O) groups is 1. The molecule has 2 N–H and O–H groups in total. The number of nitrogens with one attached hydrogen (secondary N) is 2. The molecule has 6 nitrogen and oxygen atoms in total. The third kappa shape index (κ3) is 6.38. The first-order valence-electron chi connectivity index (χ1n) is 11.0. The normalized spacial score (nSPS) is 20.3. The summed E-state index contributed by atoms with van der Waals surface area (Å²) in [6.07, 6.45) is 5.51. The van der Waals surface area contributed by atoms with E-state index in [2.05, 4.69) is 41.6 Å². The maximum atomic E-state index is 12.6. The van der Waals surface area contributed by atoms with Crippen LogP contribution in [0.25, 0.3) is 0 Å². The van der Waals surface area contributed by atoms with Gasteiger partial charge in [-0.25, -0.2) is 0 Å². The summed E-state index contributed by atoms with van der Waals surface area (Å²) in [5, 5.41) is 6.85. The van der Waals surface area contributed by atoms with Crippen LogP contribution in [0.2, 0.25) is 0 Å². The van der Waals surface area contributed by atoms with Gasteiger partial charge in [-0.3, -0.25) is 9.79 Å². The molecule has 2 aliphatic rings. The van der Waals surface area contributed by atoms with Gasteiger partial charge >= 0.3 is 0 Å². The minimum Gasteiger partial charge on any atom is -0.493 e. The number of benzene rings is 1. The van der Waals surface area contributed by atoms with Crippen molar-refractivity contribution in [1.29, 1.82) is 0 Å². The average Bonchev–Trinajstić information content (AvgIpc) is 3.42. The van der Waals surface area contributed by atoms with Crippen LogP contribution in [0.4, 0.5) is 0 Å². The van der Waals surface area contributed by atoms with Crippen molar-refractivity contribution < 1.29 is 9.53 Å². The number of guanidine groups is 1. The van der Waals surface area contributed by atoms with Gasteiger partial charge in [0.05, 0.1) is 6.61 Å². The number of ether oxygens (including phenoxy) is 1. The van der Waals surface area contributed by atoms with Gasteiger partial charge in [-0.1, -0.05) is 38.8 Å². The van der Waals surface area contributed by atoms with Crippen LogP contribution in [0.1, 0.15) is 51.5 Å². The Morgan fingerprint density at radius 2 is 1.93 bits per heavy atom. The molecule has 1 aliphatic heterocycles. The topological polar surface area (TPSA) is 66.0 Å². The Hall–Kier alpha value is -2.24. The van der Waals surface area contributed by atoms with Gasteiger partial charge in [0.25, 0.3) is 0 Å². The van der Waals surface area contributed by atoms with Gasteiger partial charge in [0, 0.05) is 38.6 Å². The third-order valence-corrected chi connectivity index (χ3v) is 5.74. The summed E-state index contributed by atoms with van der Waals surface area (Å²) in [7, 11) is 1.79. The molecule has 1 aromatic carbocycles. The number of amides is 1. The zero-order valence-corrected chi connectivity index (χ0v) is 18.1. The SMILES string of the molecule is CN=C(NCc1ccc(OCC(C)C)cc1)NC1CCN(C(=O)C2CCCC2)C1. The summed E-state index contributed by atoms with van der Waals surface area (Å²) in [5.41, 5.74) is 1.18. The Kier molecular flexibility index (Phi) is 7.78. The number of likely N-dealkylation sites (tertiary alicyclic amines) is 1. The molecule has 1 atom stereocenters. The lowest BCUT2D eigenvalue weighted by Gasteiger charge is -2.21. The Bertz CT molecular complexity index is 681. The van der Waals surface area contributed by atoms with Gasteiger partial charge in [0.1, 0.15) is 5.75 Å². The molecule has 1 heterocycles. The first-order chi connectivity index (χ1) is 14.0. The van der Waals surface area contributed by atoms with Crippen molar-refractivity contribution in [3.05, 3.63) is 29.8 Å². The van der Waals surface area contributed by atoms with E-state index in [-0.39, 0.29) is 12.0 Å². The van der Waals surface area contributed by atoms with Crippen molar-refractivity contribution in [3.63, 3.8) is 0 Å². The molecular weight excluding hydrogens is 364 g/mol. The highest BCUT2D eigenvalue weighted by Gasteiger charge is 2.32. The summed E-state index contributed by atoms with van der Waals surface area (Å²) in [5.74, 6) is 2.83. The van der Waals surface area contributed by atoms with Crippen molar-refractivity contribution >= 4 is 11.9 Å². The summed E-state index contributed by atoms with van der Waals surface area (Å²) in [6.45, 7) is 7.34. The standard InChI is InChI=1S/C23H36N4O2/c1-17(2)16-29-21-10-8-18(9-11-21)14-25-23(24-3)26-20-12-13-27(15-20)22(28)19-6-4-5-7-19/h8-11,17,19-20H,4-7,12-16H2,1-3H3,(H2,24,25,26). The van der Waals surface area contributed by atoms with Gasteiger partial charge in [-0.2, -0.15) is 0 Å². The first-order valence-corrected chi connectivity index (χ1v) is 11.0. The van der Waals surface area contributed by atoms with Crippen LogP contribution < -0.4 is 15.4 Å². The van der Waals surface area contributed by atoms with E-state index in [4.69, 9.17) is 4.74 Å². The monoisotopic (exact) mass is 400 g/mol. The number of hydrogen-bond donors (Lipinski definition) is 2. The van der Waals surface area contributed by atoms with E-state index in [0.717, 1.165) is 50.7 Å². The average molecular weight is 401 g/mol. The van der Waals surface area contributed by atoms with E-state index >= 15 is 0 Å². The lowest BCUT2D eigenvalue weighted by atomic mass is 10.1. The molecule has 3 rings (SSSR count).